The number of fused-ring (bicyclic) bond motifs is 1. The first-order valence-electron chi connectivity index (χ1n) is 9.04. The summed E-state index contributed by atoms with van der Waals surface area (Å²) in [6.45, 7) is 4.12. The van der Waals surface area contributed by atoms with Gasteiger partial charge in [0.1, 0.15) is 0 Å². The van der Waals surface area contributed by atoms with Crippen molar-refractivity contribution in [2.45, 2.75) is 11.4 Å². The Hall–Kier alpha value is -2.00. The molecule has 1 fully saturated rings. The molecule has 8 heteroatoms. The predicted octanol–water partition coefficient (Wildman–Crippen LogP) is 2.41. The molecule has 0 bridgehead atoms. The molecule has 3 aromatic rings. The van der Waals surface area contributed by atoms with E-state index in [2.05, 4.69) is 26.1 Å². The van der Waals surface area contributed by atoms with E-state index in [-0.39, 0.29) is 4.90 Å². The Morgan fingerprint density at radius 3 is 2.43 bits per heavy atom. The molecule has 1 saturated heterocycles. The van der Waals surface area contributed by atoms with Crippen molar-refractivity contribution in [1.29, 1.82) is 0 Å². The average molecular weight is 462 g/mol. The van der Waals surface area contributed by atoms with E-state index in [1.807, 2.05) is 6.07 Å². The summed E-state index contributed by atoms with van der Waals surface area (Å²) in [5, 5.41) is 4.49. The molecule has 0 aliphatic carbocycles. The van der Waals surface area contributed by atoms with Crippen LogP contribution in [-0.4, -0.2) is 43.5 Å². The van der Waals surface area contributed by atoms with E-state index in [4.69, 9.17) is 0 Å². The SMILES string of the molecule is O=c1c2ccc(Br)cc2c(CN2CCNCC2)cn1S(=O)(=O)c1ccccc1. The largest absolute Gasteiger partial charge is 0.314 e. The summed E-state index contributed by atoms with van der Waals surface area (Å²) in [6.07, 6.45) is 1.49. The second kappa shape index (κ2) is 7.79. The molecule has 146 valence electrons. The molecule has 2 aromatic carbocycles. The molecule has 0 spiro atoms. The summed E-state index contributed by atoms with van der Waals surface area (Å²) < 4.78 is 28.0. The maximum Gasteiger partial charge on any atom is 0.272 e. The van der Waals surface area contributed by atoms with Gasteiger partial charge in [-0.2, -0.15) is 0 Å². The maximum absolute atomic E-state index is 13.1. The first kappa shape index (κ1) is 19.3. The van der Waals surface area contributed by atoms with E-state index in [0.717, 1.165) is 45.6 Å². The van der Waals surface area contributed by atoms with Gasteiger partial charge in [-0.1, -0.05) is 34.1 Å². The van der Waals surface area contributed by atoms with E-state index in [1.54, 1.807) is 30.3 Å². The van der Waals surface area contributed by atoms with Gasteiger partial charge in [0.15, 0.2) is 0 Å². The third-order valence-electron chi connectivity index (χ3n) is 4.93. The zero-order chi connectivity index (χ0) is 19.7. The number of piperazine rings is 1. The zero-order valence-corrected chi connectivity index (χ0v) is 17.5. The van der Waals surface area contributed by atoms with Crippen LogP contribution in [0.2, 0.25) is 0 Å². The van der Waals surface area contributed by atoms with Gasteiger partial charge < -0.3 is 5.32 Å². The van der Waals surface area contributed by atoms with Gasteiger partial charge in [-0.3, -0.25) is 9.69 Å². The number of nitrogens with zero attached hydrogens (tertiary/aromatic N) is 2. The van der Waals surface area contributed by atoms with Crippen molar-refractivity contribution in [2.24, 2.45) is 0 Å². The van der Waals surface area contributed by atoms with Gasteiger partial charge in [-0.15, -0.1) is 0 Å². The first-order valence-corrected chi connectivity index (χ1v) is 11.3. The van der Waals surface area contributed by atoms with Crippen molar-refractivity contribution >= 4 is 36.7 Å². The molecule has 4 rings (SSSR count). The fourth-order valence-corrected chi connectivity index (χ4v) is 5.15. The number of hydrogen-bond acceptors (Lipinski definition) is 5. The standard InChI is InChI=1S/C20H20BrN3O3S/c21-16-6-7-18-19(12-16)15(13-23-10-8-22-9-11-23)14-24(20(18)25)28(26,27)17-4-2-1-3-5-17/h1-7,12,14,22H,8-11,13H2. The molecule has 1 aromatic heterocycles. The highest BCUT2D eigenvalue weighted by Gasteiger charge is 2.22. The molecule has 2 heterocycles. The molecule has 6 nitrogen and oxygen atoms in total. The van der Waals surface area contributed by atoms with Crippen molar-refractivity contribution in [2.75, 3.05) is 26.2 Å². The first-order chi connectivity index (χ1) is 13.5. The number of pyridine rings is 1. The van der Waals surface area contributed by atoms with Crippen LogP contribution < -0.4 is 10.9 Å². The molecule has 1 aliphatic rings. The van der Waals surface area contributed by atoms with Crippen LogP contribution in [0.25, 0.3) is 10.8 Å². The number of halogens is 1. The lowest BCUT2D eigenvalue weighted by molar-refractivity contribution is 0.233. The second-order valence-electron chi connectivity index (χ2n) is 6.79. The Bertz CT molecular complexity index is 1170. The van der Waals surface area contributed by atoms with Crippen LogP contribution in [0.1, 0.15) is 5.56 Å². The lowest BCUT2D eigenvalue weighted by Gasteiger charge is -2.27. The van der Waals surface area contributed by atoms with Crippen LogP contribution in [0.5, 0.6) is 0 Å². The maximum atomic E-state index is 13.1. The number of benzene rings is 2. The van der Waals surface area contributed by atoms with E-state index in [1.165, 1.54) is 18.3 Å². The fourth-order valence-electron chi connectivity index (χ4n) is 3.48. The summed E-state index contributed by atoms with van der Waals surface area (Å²) >= 11 is 3.46. The smallest absolute Gasteiger partial charge is 0.272 e. The van der Waals surface area contributed by atoms with Crippen molar-refractivity contribution in [3.63, 3.8) is 0 Å². The topological polar surface area (TPSA) is 71.4 Å². The number of aromatic nitrogens is 1. The number of rotatable bonds is 4. The summed E-state index contributed by atoms with van der Waals surface area (Å²) in [6, 6.07) is 13.4. The Morgan fingerprint density at radius 2 is 1.71 bits per heavy atom. The molecule has 0 atom stereocenters. The van der Waals surface area contributed by atoms with Crippen LogP contribution in [0, 0.1) is 0 Å². The third-order valence-corrected chi connectivity index (χ3v) is 7.09. The normalized spacial score (nSPS) is 15.8. The Morgan fingerprint density at radius 1 is 1.00 bits per heavy atom. The molecule has 0 saturated carbocycles. The summed E-state index contributed by atoms with van der Waals surface area (Å²) in [4.78, 5) is 15.4. The monoisotopic (exact) mass is 461 g/mol. The van der Waals surface area contributed by atoms with Gasteiger partial charge in [-0.05, 0) is 41.3 Å². The lowest BCUT2D eigenvalue weighted by atomic mass is 10.1. The minimum absolute atomic E-state index is 0.0988. The van der Waals surface area contributed by atoms with E-state index in [0.29, 0.717) is 11.9 Å². The third kappa shape index (κ3) is 3.65. The quantitative estimate of drug-likeness (QED) is 0.645. The van der Waals surface area contributed by atoms with Crippen molar-refractivity contribution < 1.29 is 8.42 Å². The molecular weight excluding hydrogens is 442 g/mol. The van der Waals surface area contributed by atoms with Gasteiger partial charge in [0.25, 0.3) is 15.6 Å². The molecule has 28 heavy (non-hydrogen) atoms. The minimum atomic E-state index is -3.97. The fraction of sp³-hybridized carbons (Fsp3) is 0.250. The molecule has 1 aliphatic heterocycles. The summed E-state index contributed by atoms with van der Waals surface area (Å²) in [5.74, 6) is 0. The summed E-state index contributed by atoms with van der Waals surface area (Å²) in [5.41, 5.74) is 0.285. The van der Waals surface area contributed by atoms with E-state index < -0.39 is 15.6 Å². The highest BCUT2D eigenvalue weighted by atomic mass is 79.9. The van der Waals surface area contributed by atoms with Gasteiger partial charge in [-0.25, -0.2) is 12.4 Å². The molecule has 1 N–H and O–H groups in total. The highest BCUT2D eigenvalue weighted by Crippen LogP contribution is 2.24. The Kier molecular flexibility index (Phi) is 5.37. The second-order valence-corrected chi connectivity index (χ2v) is 9.52. The van der Waals surface area contributed by atoms with Crippen LogP contribution in [-0.2, 0) is 16.6 Å². The summed E-state index contributed by atoms with van der Waals surface area (Å²) in [7, 11) is -3.97. The molecule has 0 radical (unpaired) electrons. The molecular formula is C20H20BrN3O3S. The van der Waals surface area contributed by atoms with Crippen LogP contribution >= 0.6 is 15.9 Å². The van der Waals surface area contributed by atoms with Gasteiger partial charge in [0, 0.05) is 48.8 Å². The lowest BCUT2D eigenvalue weighted by Crippen LogP contribution is -2.43. The molecule has 0 unspecified atom stereocenters. The zero-order valence-electron chi connectivity index (χ0n) is 15.1. The van der Waals surface area contributed by atoms with Crippen molar-refractivity contribution in [3.8, 4) is 0 Å². The van der Waals surface area contributed by atoms with Crippen LogP contribution in [0.4, 0.5) is 0 Å². The van der Waals surface area contributed by atoms with Crippen LogP contribution in [0.3, 0.4) is 0 Å². The molecule has 0 amide bonds. The van der Waals surface area contributed by atoms with Gasteiger partial charge in [0.05, 0.1) is 4.90 Å². The van der Waals surface area contributed by atoms with E-state index in [9.17, 15) is 13.2 Å². The Balaban J connectivity index is 1.91. The number of hydrogen-bond donors (Lipinski definition) is 1. The number of nitrogens with one attached hydrogen (secondary N) is 1. The highest BCUT2D eigenvalue weighted by molar-refractivity contribution is 9.10. The Labute approximate surface area is 172 Å². The average Bonchev–Trinajstić information content (AvgIpc) is 2.71. The van der Waals surface area contributed by atoms with Gasteiger partial charge in [0.2, 0.25) is 0 Å². The van der Waals surface area contributed by atoms with Gasteiger partial charge >= 0.3 is 0 Å². The minimum Gasteiger partial charge on any atom is -0.314 e. The predicted molar refractivity (Wildman–Crippen MR) is 113 cm³/mol. The van der Waals surface area contributed by atoms with Crippen molar-refractivity contribution in [1.82, 2.24) is 14.2 Å². The van der Waals surface area contributed by atoms with Crippen molar-refractivity contribution in [3.05, 3.63) is 75.1 Å². The van der Waals surface area contributed by atoms with E-state index >= 15 is 0 Å². The van der Waals surface area contributed by atoms with Crippen LogP contribution in [0.15, 0.2) is 68.9 Å².